The monoisotopic (exact) mass is 348 g/mol. The van der Waals surface area contributed by atoms with E-state index in [1.807, 2.05) is 30.5 Å². The number of aromatic nitrogens is 4. The molecular weight excluding hydrogens is 328 g/mol. The molecule has 0 aliphatic carbocycles. The third-order valence-corrected chi connectivity index (χ3v) is 4.51. The van der Waals surface area contributed by atoms with Gasteiger partial charge in [0.1, 0.15) is 5.82 Å². The summed E-state index contributed by atoms with van der Waals surface area (Å²) in [5.41, 5.74) is 2.49. The maximum atomic E-state index is 11.3. The Hall–Kier alpha value is -3.22. The van der Waals surface area contributed by atoms with E-state index in [1.54, 1.807) is 25.4 Å². The van der Waals surface area contributed by atoms with Crippen molar-refractivity contribution in [3.8, 4) is 11.4 Å². The van der Waals surface area contributed by atoms with Gasteiger partial charge in [0.25, 0.3) is 0 Å². The number of nitrogens with zero attached hydrogens (tertiary/aromatic N) is 4. The van der Waals surface area contributed by atoms with Crippen LogP contribution in [0, 0.1) is 0 Å². The first kappa shape index (κ1) is 16.3. The summed E-state index contributed by atoms with van der Waals surface area (Å²) in [4.78, 5) is 30.1. The summed E-state index contributed by atoms with van der Waals surface area (Å²) in [6.45, 7) is 3.24. The number of rotatable bonds is 5. The van der Waals surface area contributed by atoms with Crippen LogP contribution in [0.2, 0.25) is 0 Å². The van der Waals surface area contributed by atoms with Crippen LogP contribution in [-0.4, -0.2) is 44.9 Å². The van der Waals surface area contributed by atoms with Crippen molar-refractivity contribution in [3.05, 3.63) is 54.5 Å². The zero-order valence-electron chi connectivity index (χ0n) is 14.5. The van der Waals surface area contributed by atoms with Crippen LogP contribution in [0.4, 0.5) is 11.8 Å². The number of anilines is 2. The molecular formula is C19H20N6O. The van der Waals surface area contributed by atoms with Crippen LogP contribution >= 0.6 is 0 Å². The fourth-order valence-electron chi connectivity index (χ4n) is 3.10. The number of carbonyl (C=O) groups is 1. The van der Waals surface area contributed by atoms with Crippen molar-refractivity contribution in [3.63, 3.8) is 0 Å². The summed E-state index contributed by atoms with van der Waals surface area (Å²) >= 11 is 0. The molecule has 0 amide bonds. The summed E-state index contributed by atoms with van der Waals surface area (Å²) in [5, 5.41) is 3.42. The van der Waals surface area contributed by atoms with Crippen LogP contribution < -0.4 is 10.2 Å². The number of H-pyrrole nitrogens is 1. The van der Waals surface area contributed by atoms with Crippen LogP contribution in [0.1, 0.15) is 23.7 Å². The van der Waals surface area contributed by atoms with Gasteiger partial charge in [-0.1, -0.05) is 0 Å². The van der Waals surface area contributed by atoms with Crippen LogP contribution in [0.3, 0.4) is 0 Å². The first-order chi connectivity index (χ1) is 12.7. The lowest BCUT2D eigenvalue weighted by atomic mass is 10.2. The number of Topliss-reactive ketones (excluding diaryl/α,β-unsaturated/α-hetero) is 1. The van der Waals surface area contributed by atoms with E-state index in [9.17, 15) is 4.79 Å². The maximum absolute atomic E-state index is 11.3. The maximum Gasteiger partial charge on any atom is 0.225 e. The number of hydrogen-bond donors (Lipinski definition) is 2. The topological polar surface area (TPSA) is 86.8 Å². The highest BCUT2D eigenvalue weighted by atomic mass is 16.1. The second kappa shape index (κ2) is 6.95. The normalized spacial score (nSPS) is 16.7. The van der Waals surface area contributed by atoms with E-state index in [4.69, 9.17) is 0 Å². The standard InChI is InChI=1S/C19H20N6O/c1-13(26)14-4-5-18(22-11-14)23-15-7-10-25(12-15)19-21-9-6-17(24-19)16-3-2-8-20-16/h2-6,8-9,11,15,20H,7,10,12H2,1H3,(H,22,23). The smallest absolute Gasteiger partial charge is 0.225 e. The molecule has 2 N–H and O–H groups in total. The van der Waals surface area contributed by atoms with Crippen molar-refractivity contribution < 1.29 is 4.79 Å². The van der Waals surface area contributed by atoms with Gasteiger partial charge in [-0.2, -0.15) is 0 Å². The van der Waals surface area contributed by atoms with Gasteiger partial charge in [0.2, 0.25) is 5.95 Å². The van der Waals surface area contributed by atoms with Gasteiger partial charge in [0, 0.05) is 43.3 Å². The van der Waals surface area contributed by atoms with Gasteiger partial charge in [0.05, 0.1) is 11.4 Å². The molecule has 0 radical (unpaired) electrons. The predicted octanol–water partition coefficient (Wildman–Crippen LogP) is 2.76. The largest absolute Gasteiger partial charge is 0.365 e. The van der Waals surface area contributed by atoms with Crippen molar-refractivity contribution in [2.24, 2.45) is 0 Å². The molecule has 1 unspecified atom stereocenters. The van der Waals surface area contributed by atoms with E-state index in [0.29, 0.717) is 5.56 Å². The van der Waals surface area contributed by atoms with Crippen molar-refractivity contribution >= 4 is 17.5 Å². The van der Waals surface area contributed by atoms with Gasteiger partial charge in [-0.3, -0.25) is 4.79 Å². The molecule has 7 nitrogen and oxygen atoms in total. The second-order valence-electron chi connectivity index (χ2n) is 6.39. The van der Waals surface area contributed by atoms with E-state index < -0.39 is 0 Å². The summed E-state index contributed by atoms with van der Waals surface area (Å²) in [6.07, 6.45) is 6.27. The molecule has 1 saturated heterocycles. The van der Waals surface area contributed by atoms with E-state index in [2.05, 4.69) is 30.2 Å². The Morgan fingerprint density at radius 3 is 2.92 bits per heavy atom. The molecule has 1 aliphatic rings. The van der Waals surface area contributed by atoms with Gasteiger partial charge in [-0.05, 0) is 43.7 Å². The number of hydrogen-bond acceptors (Lipinski definition) is 6. The number of carbonyl (C=O) groups excluding carboxylic acids is 1. The van der Waals surface area contributed by atoms with Crippen LogP contribution in [-0.2, 0) is 0 Å². The van der Waals surface area contributed by atoms with Crippen LogP contribution in [0.5, 0.6) is 0 Å². The number of ketones is 1. The lowest BCUT2D eigenvalue weighted by Crippen LogP contribution is -2.27. The molecule has 4 rings (SSSR count). The Morgan fingerprint density at radius 1 is 1.27 bits per heavy atom. The number of pyridine rings is 1. The Morgan fingerprint density at radius 2 is 2.19 bits per heavy atom. The first-order valence-electron chi connectivity index (χ1n) is 8.64. The SMILES string of the molecule is CC(=O)c1ccc(NC2CCN(c3nccc(-c4ccc[nH]4)n3)C2)nc1. The van der Waals surface area contributed by atoms with E-state index >= 15 is 0 Å². The summed E-state index contributed by atoms with van der Waals surface area (Å²) in [5.74, 6) is 1.54. The molecule has 132 valence electrons. The Balaban J connectivity index is 1.42. The van der Waals surface area contributed by atoms with Gasteiger partial charge >= 0.3 is 0 Å². The fraction of sp³-hybridized carbons (Fsp3) is 0.263. The third-order valence-electron chi connectivity index (χ3n) is 4.51. The number of nitrogens with one attached hydrogen (secondary N) is 2. The molecule has 0 aromatic carbocycles. The minimum atomic E-state index is 0.0233. The van der Waals surface area contributed by atoms with Gasteiger partial charge in [0.15, 0.2) is 5.78 Å². The molecule has 3 aromatic rings. The summed E-state index contributed by atoms with van der Waals surface area (Å²) in [7, 11) is 0. The molecule has 0 spiro atoms. The van der Waals surface area contributed by atoms with E-state index in [0.717, 1.165) is 42.7 Å². The predicted molar refractivity (Wildman–Crippen MR) is 100 cm³/mol. The van der Waals surface area contributed by atoms with Gasteiger partial charge in [-0.25, -0.2) is 15.0 Å². The average molecular weight is 348 g/mol. The van der Waals surface area contributed by atoms with Gasteiger partial charge < -0.3 is 15.2 Å². The van der Waals surface area contributed by atoms with E-state index in [1.165, 1.54) is 0 Å². The van der Waals surface area contributed by atoms with Crippen molar-refractivity contribution in [1.82, 2.24) is 19.9 Å². The Labute approximate surface area is 151 Å². The highest BCUT2D eigenvalue weighted by Crippen LogP contribution is 2.21. The lowest BCUT2D eigenvalue weighted by Gasteiger charge is -2.17. The number of aromatic amines is 1. The Bertz CT molecular complexity index is 891. The zero-order chi connectivity index (χ0) is 17.9. The summed E-state index contributed by atoms with van der Waals surface area (Å²) < 4.78 is 0. The molecule has 3 aromatic heterocycles. The third kappa shape index (κ3) is 3.42. The van der Waals surface area contributed by atoms with Crippen LogP contribution in [0.15, 0.2) is 48.9 Å². The van der Waals surface area contributed by atoms with Gasteiger partial charge in [-0.15, -0.1) is 0 Å². The molecule has 1 aliphatic heterocycles. The molecule has 26 heavy (non-hydrogen) atoms. The minimum absolute atomic E-state index is 0.0233. The molecule has 1 atom stereocenters. The van der Waals surface area contributed by atoms with Crippen molar-refractivity contribution in [1.29, 1.82) is 0 Å². The fourth-order valence-corrected chi connectivity index (χ4v) is 3.10. The minimum Gasteiger partial charge on any atom is -0.365 e. The molecule has 4 heterocycles. The van der Waals surface area contributed by atoms with Crippen molar-refractivity contribution in [2.45, 2.75) is 19.4 Å². The molecule has 7 heteroatoms. The summed E-state index contributed by atoms with van der Waals surface area (Å²) in [6, 6.07) is 9.77. The molecule has 0 saturated carbocycles. The van der Waals surface area contributed by atoms with Crippen LogP contribution in [0.25, 0.3) is 11.4 Å². The zero-order valence-corrected chi connectivity index (χ0v) is 14.5. The quantitative estimate of drug-likeness (QED) is 0.690. The molecule has 0 bridgehead atoms. The Kier molecular flexibility index (Phi) is 4.35. The lowest BCUT2D eigenvalue weighted by molar-refractivity contribution is 0.101. The van der Waals surface area contributed by atoms with Crippen molar-refractivity contribution in [2.75, 3.05) is 23.3 Å². The highest BCUT2D eigenvalue weighted by molar-refractivity contribution is 5.93. The highest BCUT2D eigenvalue weighted by Gasteiger charge is 2.24. The average Bonchev–Trinajstić information content (AvgIpc) is 3.34. The first-order valence-corrected chi connectivity index (χ1v) is 8.64. The molecule has 1 fully saturated rings. The van der Waals surface area contributed by atoms with E-state index in [-0.39, 0.29) is 11.8 Å². The second-order valence-corrected chi connectivity index (χ2v) is 6.39.